The lowest BCUT2D eigenvalue weighted by atomic mass is 9.86. The lowest BCUT2D eigenvalue weighted by Gasteiger charge is -2.35. The maximum absolute atomic E-state index is 14.2. The number of ether oxygens (including phenoxy) is 14. The van der Waals surface area contributed by atoms with Gasteiger partial charge in [0.15, 0.2) is 11.6 Å². The number of aliphatic hydroxyl groups excluding tert-OH is 3. The number of aromatic nitrogens is 3. The number of imide groups is 1. The van der Waals surface area contributed by atoms with E-state index in [9.17, 15) is 44.1 Å². The molecule has 30 nitrogen and oxygen atoms in total. The number of amides is 3. The molecule has 4 N–H and O–H groups in total. The number of nitrogens with one attached hydrogen (secondary N) is 1. The van der Waals surface area contributed by atoms with Crippen LogP contribution in [0.5, 0.6) is 0 Å². The first-order valence-electron chi connectivity index (χ1n) is 31.8. The van der Waals surface area contributed by atoms with Gasteiger partial charge in [-0.2, -0.15) is 9.59 Å². The molecule has 0 spiro atoms. The zero-order valence-electron chi connectivity index (χ0n) is 55.6. The molecule has 1 aromatic heterocycles. The van der Waals surface area contributed by atoms with Gasteiger partial charge in [0.2, 0.25) is 5.91 Å². The number of carbonyl (C=O) groups is 6. The van der Waals surface area contributed by atoms with Crippen LogP contribution in [0.1, 0.15) is 84.2 Å². The lowest BCUT2D eigenvalue weighted by molar-refractivity contribution is -0.192. The number of hydrogen-bond donors (Lipinski definition) is 4. The third kappa shape index (κ3) is 35.9. The largest absolute Gasteiger partial charge is 0.460 e. The molecule has 540 valence electrons. The fourth-order valence-electron chi connectivity index (χ4n) is 9.09. The second-order valence-electron chi connectivity index (χ2n) is 23.2. The summed E-state index contributed by atoms with van der Waals surface area (Å²) in [5, 5.41) is 41.9. The standard InChI is InChI=1S/C63H101N5O23.CO2.CH4/c1-45(2)51(61(76)64-46(3)53(69)39-47-8-9-49(43-91-62(77)63(4,5)6)48(38-47)10-11-56-60(75)59(74)55(71)44-90-56)41-54(70)52(68-57(72)12-13-58(68)73)40-50-42-67(66-65-50)14-15-79-18-19-81-22-23-83-26-27-85-30-31-87-34-35-89-37-36-88-33-32-86-29-28-84-25-24-82-21-20-80-17-16-78-7;2-1-3;/h8-9,12-13,38,42,45-46,51-52,55-56,59-60,71,74-75H,10-11,14-37,39-41,43-44H2,1-7H3,(H,64,76);;1H4/t46-,51-,52?,55+,56-,59-,60-;;/m0../s1. The quantitative estimate of drug-likeness (QED) is 0.0408. The van der Waals surface area contributed by atoms with E-state index in [-0.39, 0.29) is 64.9 Å². The number of hydrogen-bond acceptors (Lipinski definition) is 27. The van der Waals surface area contributed by atoms with Crippen LogP contribution in [-0.4, -0.2) is 279 Å². The Balaban J connectivity index is 0.00000753. The smallest absolute Gasteiger partial charge is 0.373 e. The highest BCUT2D eigenvalue weighted by molar-refractivity contribution is 6.15. The molecule has 7 atom stereocenters. The third-order valence-corrected chi connectivity index (χ3v) is 14.5. The van der Waals surface area contributed by atoms with Gasteiger partial charge in [-0.3, -0.25) is 33.7 Å². The van der Waals surface area contributed by atoms with Gasteiger partial charge in [-0.1, -0.05) is 44.7 Å². The molecule has 1 fully saturated rings. The fourth-order valence-corrected chi connectivity index (χ4v) is 9.09. The number of Topliss-reactive ketones (excluding diaryl/α,β-unsaturated/α-hetero) is 2. The molecular weight excluding hydrogens is 1250 g/mol. The number of aryl methyl sites for hydroxylation is 1. The average Bonchev–Trinajstić information content (AvgIpc) is 1.77. The number of aliphatic hydroxyl groups is 3. The number of ketones is 2. The van der Waals surface area contributed by atoms with Gasteiger partial charge >= 0.3 is 12.1 Å². The van der Waals surface area contributed by atoms with Crippen molar-refractivity contribution in [3.63, 3.8) is 0 Å². The number of methoxy groups -OCH3 is 1. The molecule has 95 heavy (non-hydrogen) atoms. The van der Waals surface area contributed by atoms with Crippen LogP contribution in [-0.2, 0) is 137 Å². The maximum Gasteiger partial charge on any atom is 0.373 e. The Hall–Kier alpha value is -5.74. The van der Waals surface area contributed by atoms with Crippen molar-refractivity contribution in [3.8, 4) is 0 Å². The van der Waals surface area contributed by atoms with Crippen LogP contribution in [0.4, 0.5) is 0 Å². The van der Waals surface area contributed by atoms with Crippen molar-refractivity contribution < 1.29 is 120 Å². The number of benzene rings is 1. The Morgan fingerprint density at radius 2 is 1.12 bits per heavy atom. The van der Waals surface area contributed by atoms with Gasteiger partial charge in [0, 0.05) is 50.6 Å². The summed E-state index contributed by atoms with van der Waals surface area (Å²) in [6.45, 7) is 20.6. The van der Waals surface area contributed by atoms with Crippen molar-refractivity contribution in [3.05, 3.63) is 58.9 Å². The molecule has 1 unspecified atom stereocenters. The predicted molar refractivity (Wildman–Crippen MR) is 337 cm³/mol. The van der Waals surface area contributed by atoms with Crippen LogP contribution in [0.15, 0.2) is 36.5 Å². The van der Waals surface area contributed by atoms with Gasteiger partial charge in [-0.05, 0) is 63.1 Å². The Labute approximate surface area is 557 Å². The van der Waals surface area contributed by atoms with Crippen molar-refractivity contribution in [1.82, 2.24) is 25.2 Å². The molecule has 4 rings (SSSR count). The monoisotopic (exact) mass is 1360 g/mol. The summed E-state index contributed by atoms with van der Waals surface area (Å²) in [4.78, 5) is 97.7. The van der Waals surface area contributed by atoms with Gasteiger partial charge < -0.3 is 87.0 Å². The van der Waals surface area contributed by atoms with Crippen LogP contribution in [0, 0.1) is 17.3 Å². The van der Waals surface area contributed by atoms with Crippen LogP contribution < -0.4 is 5.32 Å². The minimum Gasteiger partial charge on any atom is -0.460 e. The number of carbonyl (C=O) groups excluding carboxylic acids is 8. The van der Waals surface area contributed by atoms with Gasteiger partial charge in [-0.15, -0.1) is 5.10 Å². The molecule has 30 heteroatoms. The summed E-state index contributed by atoms with van der Waals surface area (Å²) in [5.41, 5.74) is 1.53. The van der Waals surface area contributed by atoms with E-state index in [1.807, 2.05) is 0 Å². The van der Waals surface area contributed by atoms with E-state index in [0.29, 0.717) is 181 Å². The molecule has 1 saturated heterocycles. The van der Waals surface area contributed by atoms with Crippen molar-refractivity contribution >= 4 is 41.4 Å². The molecule has 1 aromatic carbocycles. The zero-order valence-corrected chi connectivity index (χ0v) is 55.6. The molecular formula is C65H105N5O25. The Morgan fingerprint density at radius 1 is 0.663 bits per heavy atom. The summed E-state index contributed by atoms with van der Waals surface area (Å²) in [6, 6.07) is 2.95. The Morgan fingerprint density at radius 3 is 1.56 bits per heavy atom. The Bertz CT molecular complexity index is 2520. The van der Waals surface area contributed by atoms with Crippen molar-refractivity contribution in [2.75, 3.05) is 166 Å². The third-order valence-electron chi connectivity index (χ3n) is 14.5. The summed E-state index contributed by atoms with van der Waals surface area (Å²) in [5.74, 6) is -4.58. The van der Waals surface area contributed by atoms with Crippen molar-refractivity contribution in [2.24, 2.45) is 17.3 Å². The fraction of sp³-hybridized carbons (Fsp3) is 0.738. The van der Waals surface area contributed by atoms with Gasteiger partial charge in [0.25, 0.3) is 11.8 Å². The first-order chi connectivity index (χ1) is 45.2. The minimum absolute atomic E-state index is 0. The maximum atomic E-state index is 14.2. The van der Waals surface area contributed by atoms with E-state index in [4.69, 9.17) is 75.9 Å². The van der Waals surface area contributed by atoms with E-state index in [1.165, 1.54) is 4.68 Å². The first kappa shape index (κ1) is 85.3. The number of esters is 1. The molecule has 3 heterocycles. The van der Waals surface area contributed by atoms with Gasteiger partial charge in [0.05, 0.1) is 188 Å². The van der Waals surface area contributed by atoms with E-state index < -0.39 is 83.2 Å². The molecule has 3 amide bonds. The predicted octanol–water partition coefficient (Wildman–Crippen LogP) is 1.05. The second-order valence-corrected chi connectivity index (χ2v) is 23.2. The minimum atomic E-state index is -1.38. The van der Waals surface area contributed by atoms with Crippen LogP contribution >= 0.6 is 0 Å². The number of rotatable bonds is 53. The molecule has 0 aliphatic carbocycles. The van der Waals surface area contributed by atoms with E-state index in [0.717, 1.165) is 17.1 Å². The van der Waals surface area contributed by atoms with E-state index in [2.05, 4.69) is 15.6 Å². The highest BCUT2D eigenvalue weighted by atomic mass is 16.6. The number of nitrogens with zero attached hydrogens (tertiary/aromatic N) is 4. The molecule has 0 radical (unpaired) electrons. The molecule has 0 saturated carbocycles. The summed E-state index contributed by atoms with van der Waals surface area (Å²) >= 11 is 0. The lowest BCUT2D eigenvalue weighted by Crippen LogP contribution is -2.52. The van der Waals surface area contributed by atoms with Crippen LogP contribution in [0.2, 0.25) is 0 Å². The van der Waals surface area contributed by atoms with Gasteiger partial charge in [0.1, 0.15) is 31.0 Å². The summed E-state index contributed by atoms with van der Waals surface area (Å²) in [6.07, 6.45) is -0.789. The van der Waals surface area contributed by atoms with Crippen LogP contribution in [0.3, 0.4) is 0 Å². The molecule has 2 aliphatic heterocycles. The molecule has 0 bridgehead atoms. The highest BCUT2D eigenvalue weighted by Gasteiger charge is 2.40. The average molecular weight is 1360 g/mol. The SMILES string of the molecule is C.COCCOCCOCCOCCOCCOCCOCCOCCOCCOCCOCCOCCn1cc(CC(C(=O)C[C@H](C(=O)N[C@@H](C)C(=O)Cc2ccc(COC(=O)C(C)(C)C)c(CC[C@@H]3OC[C@@H](O)[C@H](O)[C@H]3O)c2)C(C)C)N2C(=O)C=CC2=O)nn1.O=C=O. The van der Waals surface area contributed by atoms with Crippen molar-refractivity contribution in [2.45, 2.75) is 131 Å². The highest BCUT2D eigenvalue weighted by Crippen LogP contribution is 2.26. The van der Waals surface area contributed by atoms with Crippen LogP contribution in [0.25, 0.3) is 0 Å². The molecule has 2 aromatic rings. The first-order valence-corrected chi connectivity index (χ1v) is 31.8. The van der Waals surface area contributed by atoms with E-state index >= 15 is 0 Å². The zero-order chi connectivity index (χ0) is 68.9. The summed E-state index contributed by atoms with van der Waals surface area (Å²) in [7, 11) is 1.63. The Kier molecular flexibility index (Phi) is 45.4. The second kappa shape index (κ2) is 50.6. The van der Waals surface area contributed by atoms with Gasteiger partial charge in [-0.25, -0.2) is 4.68 Å². The normalized spacial score (nSPS) is 17.2. The summed E-state index contributed by atoms with van der Waals surface area (Å²) < 4.78 is 78.3. The molecule has 2 aliphatic rings. The van der Waals surface area contributed by atoms with E-state index in [1.54, 1.807) is 73.0 Å². The topological polar surface area (TPSA) is 372 Å². The van der Waals surface area contributed by atoms with Crippen molar-refractivity contribution in [1.29, 1.82) is 0 Å².